The number of aliphatic carboxylic acids is 1. The van der Waals surface area contributed by atoms with Crippen LogP contribution in [-0.2, 0) is 14.4 Å². The Morgan fingerprint density at radius 2 is 1.81 bits per heavy atom. The van der Waals surface area contributed by atoms with Gasteiger partial charge in [0.2, 0.25) is 11.8 Å². The average molecular weight is 370 g/mol. The first kappa shape index (κ1) is 18.0. The molecule has 6 heteroatoms. The summed E-state index contributed by atoms with van der Waals surface area (Å²) >= 11 is 0. The molecule has 0 unspecified atom stereocenters. The highest BCUT2D eigenvalue weighted by Crippen LogP contribution is 2.49. The maximum absolute atomic E-state index is 12.9. The van der Waals surface area contributed by atoms with E-state index in [-0.39, 0.29) is 29.7 Å². The molecule has 2 aliphatic heterocycles. The van der Waals surface area contributed by atoms with Crippen LogP contribution in [0.3, 0.4) is 0 Å². The maximum atomic E-state index is 12.9. The van der Waals surface area contributed by atoms with Gasteiger partial charge in [0, 0.05) is 32.0 Å². The molecule has 27 heavy (non-hydrogen) atoms. The summed E-state index contributed by atoms with van der Waals surface area (Å²) in [5, 5.41) is 9.03. The first-order valence-corrected chi connectivity index (χ1v) is 9.81. The predicted octanol–water partition coefficient (Wildman–Crippen LogP) is 2.11. The largest absolute Gasteiger partial charge is 0.480 e. The Morgan fingerprint density at radius 1 is 1.11 bits per heavy atom. The van der Waals surface area contributed by atoms with Gasteiger partial charge in [0.05, 0.1) is 0 Å². The van der Waals surface area contributed by atoms with Crippen LogP contribution in [0.25, 0.3) is 0 Å². The number of carbonyl (C=O) groups excluding carboxylic acids is 2. The lowest BCUT2D eigenvalue weighted by atomic mass is 9.72. The van der Waals surface area contributed by atoms with Gasteiger partial charge in [0.15, 0.2) is 0 Å². The molecule has 1 aromatic carbocycles. The Kier molecular flexibility index (Phi) is 4.66. The van der Waals surface area contributed by atoms with Crippen LogP contribution in [0.1, 0.15) is 43.6 Å². The van der Waals surface area contributed by atoms with Crippen molar-refractivity contribution in [1.82, 2.24) is 9.80 Å². The molecule has 0 bridgehead atoms. The van der Waals surface area contributed by atoms with Crippen molar-refractivity contribution >= 4 is 17.8 Å². The zero-order valence-electron chi connectivity index (χ0n) is 15.5. The molecular formula is C21H26N2O4. The molecule has 2 atom stereocenters. The van der Waals surface area contributed by atoms with Crippen LogP contribution in [0.4, 0.5) is 0 Å². The van der Waals surface area contributed by atoms with Gasteiger partial charge in [0.25, 0.3) is 0 Å². The van der Waals surface area contributed by atoms with E-state index in [0.29, 0.717) is 32.0 Å². The van der Waals surface area contributed by atoms with Gasteiger partial charge in [-0.1, -0.05) is 30.3 Å². The summed E-state index contributed by atoms with van der Waals surface area (Å²) in [7, 11) is 0. The number of carbonyl (C=O) groups is 3. The molecule has 3 fully saturated rings. The van der Waals surface area contributed by atoms with Gasteiger partial charge in [-0.25, -0.2) is 0 Å². The van der Waals surface area contributed by atoms with E-state index in [9.17, 15) is 14.4 Å². The van der Waals surface area contributed by atoms with Gasteiger partial charge >= 0.3 is 5.97 Å². The number of carboxylic acids is 1. The Morgan fingerprint density at radius 3 is 2.48 bits per heavy atom. The Bertz CT molecular complexity index is 740. The fourth-order valence-corrected chi connectivity index (χ4v) is 4.79. The topological polar surface area (TPSA) is 77.9 Å². The molecule has 0 radical (unpaired) electrons. The van der Waals surface area contributed by atoms with E-state index in [2.05, 4.69) is 12.1 Å². The average Bonchev–Trinajstić information content (AvgIpc) is 3.46. The normalized spacial score (nSPS) is 26.9. The Balaban J connectivity index is 1.33. The minimum absolute atomic E-state index is 0.0253. The molecule has 1 aromatic rings. The van der Waals surface area contributed by atoms with E-state index in [0.717, 1.165) is 25.7 Å². The monoisotopic (exact) mass is 370 g/mol. The van der Waals surface area contributed by atoms with Crippen molar-refractivity contribution in [1.29, 1.82) is 0 Å². The zero-order valence-corrected chi connectivity index (χ0v) is 15.5. The number of nitrogens with zero attached hydrogens (tertiary/aromatic N) is 2. The first-order valence-electron chi connectivity index (χ1n) is 9.81. The highest BCUT2D eigenvalue weighted by atomic mass is 16.4. The summed E-state index contributed by atoms with van der Waals surface area (Å²) in [6.45, 7) is 1.72. The van der Waals surface area contributed by atoms with Crippen LogP contribution >= 0.6 is 0 Å². The lowest BCUT2D eigenvalue weighted by Crippen LogP contribution is -2.53. The lowest BCUT2D eigenvalue weighted by Gasteiger charge is -2.47. The third kappa shape index (κ3) is 3.70. The summed E-state index contributed by atoms with van der Waals surface area (Å²) in [5.41, 5.74) is 1.22. The number of piperidine rings is 2. The molecule has 3 aliphatic rings. The van der Waals surface area contributed by atoms with Crippen LogP contribution in [0.5, 0.6) is 0 Å². The van der Waals surface area contributed by atoms with Gasteiger partial charge in [-0.2, -0.15) is 0 Å². The second-order valence-corrected chi connectivity index (χ2v) is 8.33. The summed E-state index contributed by atoms with van der Waals surface area (Å²) in [5.74, 6) is -0.308. The molecular weight excluding hydrogens is 344 g/mol. The van der Waals surface area contributed by atoms with Crippen molar-refractivity contribution in [3.63, 3.8) is 0 Å². The molecule has 2 heterocycles. The first-order chi connectivity index (χ1) is 13.0. The van der Waals surface area contributed by atoms with Crippen molar-refractivity contribution in [3.05, 3.63) is 35.9 Å². The molecule has 2 saturated heterocycles. The predicted molar refractivity (Wildman–Crippen MR) is 99.0 cm³/mol. The van der Waals surface area contributed by atoms with Crippen LogP contribution in [0.15, 0.2) is 30.3 Å². The van der Waals surface area contributed by atoms with Crippen molar-refractivity contribution in [2.75, 3.05) is 26.2 Å². The summed E-state index contributed by atoms with van der Waals surface area (Å²) in [4.78, 5) is 39.3. The maximum Gasteiger partial charge on any atom is 0.323 e. The molecule has 1 spiro atoms. The van der Waals surface area contributed by atoms with Crippen LogP contribution in [0, 0.1) is 11.3 Å². The second-order valence-electron chi connectivity index (χ2n) is 8.33. The molecule has 4 rings (SSSR count). The standard InChI is InChI=1S/C21H26N2O4/c24-18-6-7-21(14-23(18)13-19(25)26)8-10-22(11-9-21)20(27)17-12-16(17)15-4-2-1-3-5-15/h1-5,16-17H,6-14H2,(H,25,26)/t16-,17+/m0/s1. The van der Waals surface area contributed by atoms with E-state index >= 15 is 0 Å². The van der Waals surface area contributed by atoms with Crippen molar-refractivity contribution in [2.45, 2.75) is 38.0 Å². The summed E-state index contributed by atoms with van der Waals surface area (Å²) in [6.07, 6.45) is 3.86. The van der Waals surface area contributed by atoms with E-state index < -0.39 is 5.97 Å². The summed E-state index contributed by atoms with van der Waals surface area (Å²) < 4.78 is 0. The number of rotatable bonds is 4. The van der Waals surface area contributed by atoms with Gasteiger partial charge in [-0.15, -0.1) is 0 Å². The molecule has 1 saturated carbocycles. The molecule has 1 aliphatic carbocycles. The van der Waals surface area contributed by atoms with Gasteiger partial charge < -0.3 is 14.9 Å². The van der Waals surface area contributed by atoms with Crippen LogP contribution in [-0.4, -0.2) is 58.9 Å². The van der Waals surface area contributed by atoms with Crippen LogP contribution in [0.2, 0.25) is 0 Å². The van der Waals surface area contributed by atoms with Gasteiger partial charge in [0.1, 0.15) is 6.54 Å². The quantitative estimate of drug-likeness (QED) is 0.880. The number of likely N-dealkylation sites (tertiary alicyclic amines) is 2. The highest BCUT2D eigenvalue weighted by molar-refractivity contribution is 5.83. The molecule has 0 aromatic heterocycles. The van der Waals surface area contributed by atoms with E-state index in [1.165, 1.54) is 10.5 Å². The third-order valence-corrected chi connectivity index (χ3v) is 6.55. The van der Waals surface area contributed by atoms with Gasteiger partial charge in [-0.3, -0.25) is 14.4 Å². The van der Waals surface area contributed by atoms with E-state index in [4.69, 9.17) is 5.11 Å². The Labute approximate surface area is 159 Å². The number of hydrogen-bond donors (Lipinski definition) is 1. The Hall–Kier alpha value is -2.37. The van der Waals surface area contributed by atoms with Crippen molar-refractivity contribution in [2.24, 2.45) is 11.3 Å². The molecule has 2 amide bonds. The number of amides is 2. The molecule has 6 nitrogen and oxygen atoms in total. The third-order valence-electron chi connectivity index (χ3n) is 6.55. The fraction of sp³-hybridized carbons (Fsp3) is 0.571. The minimum atomic E-state index is -0.964. The van der Waals surface area contributed by atoms with Crippen molar-refractivity contribution < 1.29 is 19.5 Å². The van der Waals surface area contributed by atoms with Gasteiger partial charge in [-0.05, 0) is 42.6 Å². The van der Waals surface area contributed by atoms with E-state index in [1.54, 1.807) is 0 Å². The van der Waals surface area contributed by atoms with Crippen molar-refractivity contribution in [3.8, 4) is 0 Å². The highest BCUT2D eigenvalue weighted by Gasteiger charge is 2.48. The molecule has 144 valence electrons. The number of carboxylic acid groups (broad SMARTS) is 1. The molecule has 1 N–H and O–H groups in total. The smallest absolute Gasteiger partial charge is 0.323 e. The van der Waals surface area contributed by atoms with E-state index in [1.807, 2.05) is 23.1 Å². The number of hydrogen-bond acceptors (Lipinski definition) is 3. The number of benzene rings is 1. The lowest BCUT2D eigenvalue weighted by molar-refractivity contribution is -0.150. The minimum Gasteiger partial charge on any atom is -0.480 e. The second kappa shape index (κ2) is 6.98. The SMILES string of the molecule is O=C(O)CN1CC2(CCC1=O)CCN(C(=O)[C@@H]1C[C@H]1c1ccccc1)CC2. The fourth-order valence-electron chi connectivity index (χ4n) is 4.79. The zero-order chi connectivity index (χ0) is 19.0. The van der Waals surface area contributed by atoms with Crippen LogP contribution < -0.4 is 0 Å². The summed E-state index contributed by atoms with van der Waals surface area (Å²) in [6, 6.07) is 10.2.